The van der Waals surface area contributed by atoms with E-state index in [9.17, 15) is 9.90 Å². The highest BCUT2D eigenvalue weighted by Gasteiger charge is 2.54. The monoisotopic (exact) mass is 546 g/mol. The number of aliphatic hydroxyl groups excluding tert-OH is 1. The van der Waals surface area contributed by atoms with Crippen LogP contribution in [0.25, 0.3) is 0 Å². The van der Waals surface area contributed by atoms with Crippen molar-refractivity contribution in [3.8, 4) is 0 Å². The quantitative estimate of drug-likeness (QED) is 0.406. The Kier molecular flexibility index (Phi) is 6.00. The highest BCUT2D eigenvalue weighted by Crippen LogP contribution is 2.51. The summed E-state index contributed by atoms with van der Waals surface area (Å²) in [5, 5.41) is 11.0. The van der Waals surface area contributed by atoms with E-state index in [1.165, 1.54) is 0 Å². The maximum atomic E-state index is 13.8. The smallest absolute Gasteiger partial charge is 0.257 e. The van der Waals surface area contributed by atoms with E-state index in [0.717, 1.165) is 28.4 Å². The average molecular weight is 548 g/mol. The first kappa shape index (κ1) is 22.8. The van der Waals surface area contributed by atoms with Crippen molar-refractivity contribution in [3.63, 3.8) is 0 Å². The van der Waals surface area contributed by atoms with Gasteiger partial charge in [-0.2, -0.15) is 0 Å². The van der Waals surface area contributed by atoms with Crippen molar-refractivity contribution in [1.29, 1.82) is 0 Å². The van der Waals surface area contributed by atoms with Gasteiger partial charge in [-0.1, -0.05) is 57.3 Å². The summed E-state index contributed by atoms with van der Waals surface area (Å²) in [5.41, 5.74) is 1.31. The SMILES string of the molecule is O=C1c2cc(Br)ccc2C(OCC2(CO)CC2)(c2ccc(Cl)cc2)N1Cc1ccc(Cl)cn1. The minimum absolute atomic E-state index is 0.0452. The van der Waals surface area contributed by atoms with E-state index in [0.29, 0.717) is 27.9 Å². The van der Waals surface area contributed by atoms with Crippen molar-refractivity contribution in [2.45, 2.75) is 25.1 Å². The van der Waals surface area contributed by atoms with E-state index in [1.807, 2.05) is 30.3 Å². The van der Waals surface area contributed by atoms with Crippen molar-refractivity contribution in [2.24, 2.45) is 5.41 Å². The van der Waals surface area contributed by atoms with Gasteiger partial charge in [0.2, 0.25) is 0 Å². The van der Waals surface area contributed by atoms with E-state index in [4.69, 9.17) is 27.9 Å². The number of carbonyl (C=O) groups excluding carboxylic acids is 1. The molecule has 8 heteroatoms. The lowest BCUT2D eigenvalue weighted by Gasteiger charge is -2.40. The van der Waals surface area contributed by atoms with Crippen LogP contribution >= 0.6 is 39.1 Å². The standard InChI is InChI=1S/C25H21BrCl2N2O3/c26-17-3-8-22-21(11-17)23(32)30(13-20-7-6-19(28)12-29-20)25(22,16-1-4-18(27)5-2-16)33-15-24(14-31)9-10-24/h1-8,11-12,31H,9-10,13-15H2. The molecule has 170 valence electrons. The van der Waals surface area contributed by atoms with E-state index in [-0.39, 0.29) is 24.5 Å². The lowest BCUT2D eigenvalue weighted by Crippen LogP contribution is -2.47. The van der Waals surface area contributed by atoms with Crippen LogP contribution in [-0.2, 0) is 17.0 Å². The average Bonchev–Trinajstić information content (AvgIpc) is 3.57. The van der Waals surface area contributed by atoms with Crippen molar-refractivity contribution >= 4 is 45.0 Å². The molecule has 5 nitrogen and oxygen atoms in total. The molecule has 1 N–H and O–H groups in total. The molecule has 0 radical (unpaired) electrons. The summed E-state index contributed by atoms with van der Waals surface area (Å²) in [6, 6.07) is 16.5. The summed E-state index contributed by atoms with van der Waals surface area (Å²) in [4.78, 5) is 19.9. The van der Waals surface area contributed by atoms with E-state index in [2.05, 4.69) is 20.9 Å². The van der Waals surface area contributed by atoms with Gasteiger partial charge in [-0.15, -0.1) is 0 Å². The van der Waals surface area contributed by atoms with Crippen LogP contribution in [0.1, 0.15) is 40.0 Å². The Morgan fingerprint density at radius 3 is 2.42 bits per heavy atom. The number of amides is 1. The molecule has 1 amide bonds. The maximum absolute atomic E-state index is 13.8. The third kappa shape index (κ3) is 4.08. The van der Waals surface area contributed by atoms with Gasteiger partial charge in [0.15, 0.2) is 5.72 Å². The normalized spacial score (nSPS) is 20.7. The number of benzene rings is 2. The Hall–Kier alpha value is -1.96. The zero-order chi connectivity index (χ0) is 23.2. The lowest BCUT2D eigenvalue weighted by molar-refractivity contribution is -0.129. The molecular formula is C25H21BrCl2N2O3. The first-order valence-corrected chi connectivity index (χ1v) is 12.2. The van der Waals surface area contributed by atoms with Gasteiger partial charge >= 0.3 is 0 Å². The second-order valence-corrected chi connectivity index (χ2v) is 10.4. The van der Waals surface area contributed by atoms with Gasteiger partial charge in [-0.25, -0.2) is 0 Å². The van der Waals surface area contributed by atoms with Gasteiger partial charge < -0.3 is 9.84 Å². The highest BCUT2D eigenvalue weighted by atomic mass is 79.9. The number of hydrogen-bond acceptors (Lipinski definition) is 4. The number of aliphatic hydroxyl groups is 1. The fourth-order valence-corrected chi connectivity index (χ4v) is 4.88. The molecule has 0 saturated heterocycles. The predicted octanol–water partition coefficient (Wildman–Crippen LogP) is 5.80. The fourth-order valence-electron chi connectivity index (χ4n) is 4.28. The van der Waals surface area contributed by atoms with E-state index in [1.54, 1.807) is 35.4 Å². The van der Waals surface area contributed by atoms with Gasteiger partial charge in [0.25, 0.3) is 5.91 Å². The molecule has 1 aliphatic heterocycles. The molecule has 1 atom stereocenters. The molecule has 0 bridgehead atoms. The second-order valence-electron chi connectivity index (χ2n) is 8.65. The number of rotatable bonds is 7. The Balaban J connectivity index is 1.67. The van der Waals surface area contributed by atoms with Crippen LogP contribution in [0, 0.1) is 5.41 Å². The Labute approximate surface area is 210 Å². The van der Waals surface area contributed by atoms with Gasteiger partial charge in [0.05, 0.1) is 30.5 Å². The third-order valence-electron chi connectivity index (χ3n) is 6.43. The number of halogens is 3. The van der Waals surface area contributed by atoms with Crippen molar-refractivity contribution in [1.82, 2.24) is 9.88 Å². The maximum Gasteiger partial charge on any atom is 0.257 e. The topological polar surface area (TPSA) is 62.7 Å². The number of pyridine rings is 1. The van der Waals surface area contributed by atoms with Crippen LogP contribution in [-0.4, -0.2) is 34.1 Å². The molecule has 3 aromatic rings. The highest BCUT2D eigenvalue weighted by molar-refractivity contribution is 9.10. The molecule has 1 unspecified atom stereocenters. The lowest BCUT2D eigenvalue weighted by atomic mass is 9.93. The van der Waals surface area contributed by atoms with Crippen molar-refractivity contribution in [3.05, 3.63) is 97.7 Å². The van der Waals surface area contributed by atoms with Crippen LogP contribution in [0.15, 0.2) is 65.3 Å². The molecular weight excluding hydrogens is 527 g/mol. The van der Waals surface area contributed by atoms with Crippen LogP contribution in [0.5, 0.6) is 0 Å². The van der Waals surface area contributed by atoms with Gasteiger partial charge in [0.1, 0.15) is 0 Å². The number of hydrogen-bond donors (Lipinski definition) is 1. The van der Waals surface area contributed by atoms with Crippen molar-refractivity contribution < 1.29 is 14.6 Å². The number of nitrogens with zero attached hydrogens (tertiary/aromatic N) is 2. The van der Waals surface area contributed by atoms with E-state index >= 15 is 0 Å². The van der Waals surface area contributed by atoms with Crippen LogP contribution < -0.4 is 0 Å². The summed E-state index contributed by atoms with van der Waals surface area (Å²) in [5.74, 6) is -0.160. The molecule has 1 fully saturated rings. The summed E-state index contributed by atoms with van der Waals surface area (Å²) in [6.07, 6.45) is 3.34. The van der Waals surface area contributed by atoms with Gasteiger partial charge in [0, 0.05) is 37.8 Å². The summed E-state index contributed by atoms with van der Waals surface area (Å²) in [7, 11) is 0. The minimum atomic E-state index is -1.19. The summed E-state index contributed by atoms with van der Waals surface area (Å²) >= 11 is 15.7. The van der Waals surface area contributed by atoms with Crippen LogP contribution in [0.3, 0.4) is 0 Å². The zero-order valence-electron chi connectivity index (χ0n) is 17.6. The molecule has 2 aromatic carbocycles. The molecule has 1 aliphatic carbocycles. The Bertz CT molecular complexity index is 1200. The van der Waals surface area contributed by atoms with E-state index < -0.39 is 5.72 Å². The fraction of sp³-hybridized carbons (Fsp3) is 0.280. The van der Waals surface area contributed by atoms with Gasteiger partial charge in [-0.3, -0.25) is 14.7 Å². The zero-order valence-corrected chi connectivity index (χ0v) is 20.7. The molecule has 2 heterocycles. The number of aromatic nitrogens is 1. The molecule has 1 saturated carbocycles. The number of ether oxygens (including phenoxy) is 1. The Morgan fingerprint density at radius 1 is 1.06 bits per heavy atom. The molecule has 0 spiro atoms. The Morgan fingerprint density at radius 2 is 1.79 bits per heavy atom. The molecule has 2 aliphatic rings. The largest absolute Gasteiger partial charge is 0.396 e. The summed E-state index contributed by atoms with van der Waals surface area (Å²) in [6.45, 7) is 0.583. The molecule has 1 aromatic heterocycles. The first-order valence-electron chi connectivity index (χ1n) is 10.6. The van der Waals surface area contributed by atoms with Crippen molar-refractivity contribution in [2.75, 3.05) is 13.2 Å². The first-order chi connectivity index (χ1) is 15.9. The molecule has 33 heavy (non-hydrogen) atoms. The third-order valence-corrected chi connectivity index (χ3v) is 7.40. The van der Waals surface area contributed by atoms with Gasteiger partial charge in [-0.05, 0) is 49.2 Å². The summed E-state index contributed by atoms with van der Waals surface area (Å²) < 4.78 is 7.52. The second kappa shape index (κ2) is 8.67. The predicted molar refractivity (Wildman–Crippen MR) is 130 cm³/mol. The molecule has 5 rings (SSSR count). The van der Waals surface area contributed by atoms with Crippen LogP contribution in [0.4, 0.5) is 0 Å². The minimum Gasteiger partial charge on any atom is -0.396 e. The number of fused-ring (bicyclic) bond motifs is 1. The number of carbonyl (C=O) groups is 1. The van der Waals surface area contributed by atoms with Crippen LogP contribution in [0.2, 0.25) is 10.0 Å².